The number of halogens is 4. The number of hydroxylamine groups is 2. The number of esters is 2. The van der Waals surface area contributed by atoms with E-state index in [1.165, 1.54) is 5.06 Å². The molecule has 1 rings (SSSR count). The Morgan fingerprint density at radius 2 is 1.68 bits per heavy atom. The van der Waals surface area contributed by atoms with Crippen molar-refractivity contribution in [2.24, 2.45) is 0 Å². The summed E-state index contributed by atoms with van der Waals surface area (Å²) in [4.78, 5) is 22.7. The molecule has 1 aliphatic heterocycles. The fourth-order valence-electron chi connectivity index (χ4n) is 3.16. The van der Waals surface area contributed by atoms with Gasteiger partial charge in [0.25, 0.3) is 0 Å². The molecule has 0 aromatic heterocycles. The molecule has 1 fully saturated rings. The SMILES string of the molecule is CC(I)C(=O)OCC(COC1CC(C)(C)N(O)C(C)(C)C1)OC(=O)C(F)(F)F. The first-order valence-electron chi connectivity index (χ1n) is 8.75. The summed E-state index contributed by atoms with van der Waals surface area (Å²) in [5.74, 6) is -3.00. The molecule has 1 N–H and O–H groups in total. The lowest BCUT2D eigenvalue weighted by atomic mass is 9.80. The van der Waals surface area contributed by atoms with E-state index in [1.54, 1.807) is 29.5 Å². The van der Waals surface area contributed by atoms with E-state index in [2.05, 4.69) is 4.74 Å². The lowest BCUT2D eigenvalue weighted by molar-refractivity contribution is -0.263. The Labute approximate surface area is 176 Å². The van der Waals surface area contributed by atoms with Gasteiger partial charge in [0.2, 0.25) is 0 Å². The number of ether oxygens (including phenoxy) is 3. The summed E-state index contributed by atoms with van der Waals surface area (Å²) in [5, 5.41) is 11.5. The Hall–Kier alpha value is -0.660. The van der Waals surface area contributed by atoms with Gasteiger partial charge >= 0.3 is 18.1 Å². The van der Waals surface area contributed by atoms with Gasteiger partial charge in [-0.15, -0.1) is 0 Å². The third-order valence-electron chi connectivity index (χ3n) is 4.36. The average Bonchev–Trinajstić information content (AvgIpc) is 2.52. The monoisotopic (exact) mass is 525 g/mol. The van der Waals surface area contributed by atoms with E-state index >= 15 is 0 Å². The molecule has 1 heterocycles. The number of carbonyl (C=O) groups excluding carboxylic acids is 2. The molecule has 0 radical (unpaired) electrons. The first kappa shape index (κ1) is 25.4. The van der Waals surface area contributed by atoms with Crippen molar-refractivity contribution in [1.82, 2.24) is 5.06 Å². The Morgan fingerprint density at radius 1 is 1.18 bits per heavy atom. The molecule has 0 aliphatic carbocycles. The van der Waals surface area contributed by atoms with Gasteiger partial charge in [-0.1, -0.05) is 22.6 Å². The zero-order valence-electron chi connectivity index (χ0n) is 16.5. The number of nitrogens with zero attached hydrogens (tertiary/aromatic N) is 1. The number of hydrogen-bond donors (Lipinski definition) is 1. The number of alkyl halides is 4. The third kappa shape index (κ3) is 7.30. The average molecular weight is 525 g/mol. The maximum absolute atomic E-state index is 12.5. The van der Waals surface area contributed by atoms with E-state index in [0.29, 0.717) is 12.8 Å². The molecule has 0 aromatic rings. The van der Waals surface area contributed by atoms with E-state index in [1.807, 2.05) is 27.7 Å². The largest absolute Gasteiger partial charge is 0.490 e. The van der Waals surface area contributed by atoms with Crippen LogP contribution in [0, 0.1) is 0 Å². The van der Waals surface area contributed by atoms with Gasteiger partial charge in [-0.25, -0.2) is 4.79 Å². The second kappa shape index (κ2) is 9.43. The normalized spacial score (nSPS) is 22.4. The minimum atomic E-state index is -5.16. The number of hydrogen-bond acceptors (Lipinski definition) is 7. The van der Waals surface area contributed by atoms with Crippen LogP contribution < -0.4 is 0 Å². The highest BCUT2D eigenvalue weighted by Crippen LogP contribution is 2.38. The first-order valence-corrected chi connectivity index (χ1v) is 10.00. The fraction of sp³-hybridized carbons (Fsp3) is 0.882. The standard InChI is InChI=1S/C17H27F3INO6/c1-10(21)13(23)27-9-12(28-14(24)17(18,19)20)8-26-11-6-15(2,3)22(25)16(4,5)7-11/h10-12,25H,6-9H2,1-5H3. The topological polar surface area (TPSA) is 85.3 Å². The van der Waals surface area contributed by atoms with E-state index < -0.39 is 45.8 Å². The highest BCUT2D eigenvalue weighted by Gasteiger charge is 2.46. The van der Waals surface area contributed by atoms with Crippen molar-refractivity contribution in [1.29, 1.82) is 0 Å². The second-order valence-electron chi connectivity index (χ2n) is 8.07. The molecule has 2 unspecified atom stereocenters. The van der Waals surface area contributed by atoms with E-state index in [-0.39, 0.29) is 12.7 Å². The van der Waals surface area contributed by atoms with Gasteiger partial charge in [0.15, 0.2) is 6.10 Å². The molecule has 1 saturated heterocycles. The van der Waals surface area contributed by atoms with Crippen molar-refractivity contribution in [2.75, 3.05) is 13.2 Å². The van der Waals surface area contributed by atoms with Gasteiger partial charge < -0.3 is 19.4 Å². The van der Waals surface area contributed by atoms with Crippen molar-refractivity contribution in [3.05, 3.63) is 0 Å². The molecule has 2 atom stereocenters. The molecule has 0 aromatic carbocycles. The van der Waals surface area contributed by atoms with E-state index in [4.69, 9.17) is 9.47 Å². The Bertz CT molecular complexity index is 550. The van der Waals surface area contributed by atoms with E-state index in [9.17, 15) is 28.0 Å². The van der Waals surface area contributed by atoms with Crippen LogP contribution in [0.25, 0.3) is 0 Å². The summed E-state index contributed by atoms with van der Waals surface area (Å²) < 4.78 is 52.1. The van der Waals surface area contributed by atoms with Crippen molar-refractivity contribution >= 4 is 34.5 Å². The lowest BCUT2D eigenvalue weighted by Gasteiger charge is -2.51. The van der Waals surface area contributed by atoms with Gasteiger partial charge in [-0.2, -0.15) is 18.2 Å². The molecule has 164 valence electrons. The number of rotatable bonds is 7. The predicted molar refractivity (Wildman–Crippen MR) is 101 cm³/mol. The highest BCUT2D eigenvalue weighted by atomic mass is 127. The zero-order chi connectivity index (χ0) is 21.9. The van der Waals surface area contributed by atoms with Crippen LogP contribution in [0.2, 0.25) is 0 Å². The van der Waals surface area contributed by atoms with Crippen LogP contribution in [0.1, 0.15) is 47.5 Å². The Morgan fingerprint density at radius 3 is 2.11 bits per heavy atom. The molecule has 28 heavy (non-hydrogen) atoms. The zero-order valence-corrected chi connectivity index (χ0v) is 18.7. The number of carbonyl (C=O) groups is 2. The minimum Gasteiger partial charge on any atom is -0.461 e. The van der Waals surface area contributed by atoms with Crippen molar-refractivity contribution in [3.8, 4) is 0 Å². The van der Waals surface area contributed by atoms with E-state index in [0.717, 1.165) is 0 Å². The smallest absolute Gasteiger partial charge is 0.461 e. The van der Waals surface area contributed by atoms with Crippen LogP contribution in [0.3, 0.4) is 0 Å². The van der Waals surface area contributed by atoms with Crippen molar-refractivity contribution < 1.29 is 42.2 Å². The van der Waals surface area contributed by atoms with Gasteiger partial charge in [0.05, 0.1) is 12.7 Å². The maximum atomic E-state index is 12.5. The van der Waals surface area contributed by atoms with Gasteiger partial charge in [0, 0.05) is 11.1 Å². The van der Waals surface area contributed by atoms with Crippen LogP contribution in [-0.4, -0.2) is 68.8 Å². The molecular weight excluding hydrogens is 498 g/mol. The number of piperidine rings is 1. The Balaban J connectivity index is 2.77. The van der Waals surface area contributed by atoms with Crippen LogP contribution in [0.15, 0.2) is 0 Å². The van der Waals surface area contributed by atoms with Crippen molar-refractivity contribution in [2.45, 2.75) is 80.8 Å². The maximum Gasteiger partial charge on any atom is 0.490 e. The second-order valence-corrected chi connectivity index (χ2v) is 9.94. The fourth-order valence-corrected chi connectivity index (χ4v) is 3.34. The summed E-state index contributed by atoms with van der Waals surface area (Å²) in [5.41, 5.74) is -1.23. The minimum absolute atomic E-state index is 0.368. The van der Waals surface area contributed by atoms with Crippen LogP contribution in [-0.2, 0) is 23.8 Å². The molecule has 1 aliphatic rings. The lowest BCUT2D eigenvalue weighted by Crippen LogP contribution is -2.60. The molecule has 11 heteroatoms. The quantitative estimate of drug-likeness (QED) is 0.311. The predicted octanol–water partition coefficient (Wildman–Crippen LogP) is 3.25. The van der Waals surface area contributed by atoms with Crippen molar-refractivity contribution in [3.63, 3.8) is 0 Å². The summed E-state index contributed by atoms with van der Waals surface area (Å²) in [6.45, 7) is 7.91. The molecule has 0 amide bonds. The molecule has 0 spiro atoms. The summed E-state index contributed by atoms with van der Waals surface area (Å²) >= 11 is 1.80. The summed E-state index contributed by atoms with van der Waals surface area (Å²) in [6.07, 6.45) is -6.12. The van der Waals surface area contributed by atoms with Gasteiger partial charge in [-0.3, -0.25) is 4.79 Å². The third-order valence-corrected chi connectivity index (χ3v) is 4.87. The first-order chi connectivity index (χ1) is 12.6. The van der Waals surface area contributed by atoms with Crippen LogP contribution in [0.5, 0.6) is 0 Å². The van der Waals surface area contributed by atoms with Crippen LogP contribution >= 0.6 is 22.6 Å². The molecule has 0 bridgehead atoms. The highest BCUT2D eigenvalue weighted by molar-refractivity contribution is 14.1. The molecular formula is C17H27F3INO6. The molecule has 7 nitrogen and oxygen atoms in total. The summed E-state index contributed by atoms with van der Waals surface area (Å²) in [7, 11) is 0. The Kier molecular flexibility index (Phi) is 8.55. The van der Waals surface area contributed by atoms with Crippen LogP contribution in [0.4, 0.5) is 13.2 Å². The summed E-state index contributed by atoms with van der Waals surface area (Å²) in [6, 6.07) is 0. The van der Waals surface area contributed by atoms with Gasteiger partial charge in [0.1, 0.15) is 10.5 Å². The van der Waals surface area contributed by atoms with Gasteiger partial charge in [-0.05, 0) is 47.5 Å². The molecule has 0 saturated carbocycles.